The number of carbonyl (C=O) groups excluding carboxylic acids is 1. The van der Waals surface area contributed by atoms with E-state index in [-0.39, 0.29) is 16.8 Å². The summed E-state index contributed by atoms with van der Waals surface area (Å²) < 4.78 is 29.0. The first-order valence-corrected chi connectivity index (χ1v) is 9.98. The van der Waals surface area contributed by atoms with E-state index in [1.54, 1.807) is 41.3 Å². The average molecular weight is 374 g/mol. The van der Waals surface area contributed by atoms with Crippen molar-refractivity contribution in [2.24, 2.45) is 0 Å². The molecular formula is C18H22N4O3S. The summed E-state index contributed by atoms with van der Waals surface area (Å²) in [6, 6.07) is 8.48. The van der Waals surface area contributed by atoms with E-state index in [0.717, 1.165) is 12.1 Å². The van der Waals surface area contributed by atoms with Gasteiger partial charge in [-0.1, -0.05) is 6.58 Å². The van der Waals surface area contributed by atoms with E-state index in [1.165, 1.54) is 10.4 Å². The number of nitrogens with zero attached hydrogens (tertiary/aromatic N) is 3. The van der Waals surface area contributed by atoms with Gasteiger partial charge in [0.1, 0.15) is 0 Å². The van der Waals surface area contributed by atoms with E-state index < -0.39 is 10.0 Å². The predicted molar refractivity (Wildman–Crippen MR) is 98.3 cm³/mol. The quantitative estimate of drug-likeness (QED) is 0.808. The van der Waals surface area contributed by atoms with Crippen molar-refractivity contribution in [2.45, 2.75) is 30.2 Å². The van der Waals surface area contributed by atoms with Gasteiger partial charge in [-0.05, 0) is 55.7 Å². The molecule has 7 nitrogen and oxygen atoms in total. The largest absolute Gasteiger partial charge is 0.350 e. The van der Waals surface area contributed by atoms with Crippen LogP contribution in [-0.4, -0.2) is 47.5 Å². The molecule has 1 saturated heterocycles. The highest BCUT2D eigenvalue weighted by Gasteiger charge is 2.27. The van der Waals surface area contributed by atoms with Gasteiger partial charge in [-0.3, -0.25) is 4.79 Å². The van der Waals surface area contributed by atoms with Crippen LogP contribution in [0.25, 0.3) is 5.69 Å². The number of aromatic nitrogens is 2. The van der Waals surface area contributed by atoms with Crippen molar-refractivity contribution in [3.8, 4) is 5.69 Å². The van der Waals surface area contributed by atoms with Gasteiger partial charge in [-0.25, -0.2) is 13.1 Å². The molecule has 0 radical (unpaired) electrons. The Balaban J connectivity index is 1.71. The predicted octanol–water partition coefficient (Wildman–Crippen LogP) is 1.72. The van der Waals surface area contributed by atoms with E-state index in [2.05, 4.69) is 17.0 Å². The first-order chi connectivity index (χ1) is 12.5. The van der Waals surface area contributed by atoms with Gasteiger partial charge in [0.2, 0.25) is 15.9 Å². The van der Waals surface area contributed by atoms with E-state index in [9.17, 15) is 13.2 Å². The number of hydrogen-bond donors (Lipinski definition) is 1. The van der Waals surface area contributed by atoms with Crippen molar-refractivity contribution < 1.29 is 13.2 Å². The van der Waals surface area contributed by atoms with Gasteiger partial charge in [-0.15, -0.1) is 0 Å². The third kappa shape index (κ3) is 4.03. The minimum atomic E-state index is -3.56. The van der Waals surface area contributed by atoms with Crippen molar-refractivity contribution in [3.63, 3.8) is 0 Å². The molecule has 2 heterocycles. The Kier molecular flexibility index (Phi) is 5.53. The highest BCUT2D eigenvalue weighted by atomic mass is 32.2. The fourth-order valence-electron chi connectivity index (χ4n) is 3.06. The molecule has 8 heteroatoms. The van der Waals surface area contributed by atoms with Crippen LogP contribution in [0.4, 0.5) is 0 Å². The summed E-state index contributed by atoms with van der Waals surface area (Å²) in [6.07, 6.45) is 6.75. The number of hydrogen-bond acceptors (Lipinski definition) is 4. The smallest absolute Gasteiger partial charge is 0.243 e. The van der Waals surface area contributed by atoms with Gasteiger partial charge in [0.25, 0.3) is 0 Å². The molecule has 1 fully saturated rings. The van der Waals surface area contributed by atoms with Gasteiger partial charge >= 0.3 is 0 Å². The summed E-state index contributed by atoms with van der Waals surface area (Å²) in [6.45, 7) is 4.27. The minimum absolute atomic E-state index is 0.0251. The summed E-state index contributed by atoms with van der Waals surface area (Å²) in [4.78, 5) is 11.7. The Morgan fingerprint density at radius 1 is 1.23 bits per heavy atom. The maximum Gasteiger partial charge on any atom is 0.243 e. The molecule has 1 unspecified atom stereocenters. The lowest BCUT2D eigenvalue weighted by Gasteiger charge is -2.20. The lowest BCUT2D eigenvalue weighted by atomic mass is 10.1. The SMILES string of the molecule is C=CC(=O)NC1CCCN(S(=O)(=O)c2ccc(-n3cccn3)cc2)CC1. The van der Waals surface area contributed by atoms with Crippen molar-refractivity contribution in [1.82, 2.24) is 19.4 Å². The molecule has 0 bridgehead atoms. The normalized spacial score (nSPS) is 18.8. The van der Waals surface area contributed by atoms with Crippen LogP contribution in [0.2, 0.25) is 0 Å². The number of amides is 1. The lowest BCUT2D eigenvalue weighted by molar-refractivity contribution is -0.117. The van der Waals surface area contributed by atoms with Gasteiger partial charge in [0, 0.05) is 31.5 Å². The molecule has 1 aliphatic heterocycles. The summed E-state index contributed by atoms with van der Waals surface area (Å²) >= 11 is 0. The Hall–Kier alpha value is -2.45. The van der Waals surface area contributed by atoms with Crippen LogP contribution in [0, 0.1) is 0 Å². The fraction of sp³-hybridized carbons (Fsp3) is 0.333. The van der Waals surface area contributed by atoms with Crippen molar-refractivity contribution >= 4 is 15.9 Å². The monoisotopic (exact) mass is 374 g/mol. The van der Waals surface area contributed by atoms with E-state index in [0.29, 0.717) is 25.9 Å². The number of sulfonamides is 1. The fourth-order valence-corrected chi connectivity index (χ4v) is 4.55. The second-order valence-electron chi connectivity index (χ2n) is 6.19. The third-order valence-electron chi connectivity index (χ3n) is 4.46. The molecule has 2 aromatic rings. The number of rotatable bonds is 5. The van der Waals surface area contributed by atoms with Crippen molar-refractivity contribution in [3.05, 3.63) is 55.4 Å². The summed E-state index contributed by atoms with van der Waals surface area (Å²) in [5.41, 5.74) is 0.803. The Labute approximate surface area is 153 Å². The highest BCUT2D eigenvalue weighted by molar-refractivity contribution is 7.89. The molecule has 1 aromatic carbocycles. The van der Waals surface area contributed by atoms with Gasteiger partial charge < -0.3 is 5.32 Å². The van der Waals surface area contributed by atoms with E-state index in [4.69, 9.17) is 0 Å². The molecule has 138 valence electrons. The van der Waals surface area contributed by atoms with Crippen LogP contribution in [0.1, 0.15) is 19.3 Å². The number of carbonyl (C=O) groups is 1. The molecule has 0 saturated carbocycles. The second kappa shape index (κ2) is 7.84. The molecule has 1 N–H and O–H groups in total. The maximum atomic E-state index is 12.9. The van der Waals surface area contributed by atoms with E-state index >= 15 is 0 Å². The van der Waals surface area contributed by atoms with Crippen LogP contribution < -0.4 is 5.32 Å². The summed E-state index contributed by atoms with van der Waals surface area (Å²) in [5.74, 6) is -0.222. The van der Waals surface area contributed by atoms with Gasteiger partial charge in [0.15, 0.2) is 0 Å². The van der Waals surface area contributed by atoms with Gasteiger partial charge in [0.05, 0.1) is 10.6 Å². The van der Waals surface area contributed by atoms with Crippen LogP contribution in [0.3, 0.4) is 0 Å². The summed E-state index contributed by atoms with van der Waals surface area (Å²) in [5, 5.41) is 6.99. The zero-order valence-electron chi connectivity index (χ0n) is 14.4. The second-order valence-corrected chi connectivity index (χ2v) is 8.13. The average Bonchev–Trinajstić information content (AvgIpc) is 3.08. The Morgan fingerprint density at radius 2 is 2.00 bits per heavy atom. The molecule has 0 spiro atoms. The molecule has 0 aliphatic carbocycles. The molecule has 1 aliphatic rings. The maximum absolute atomic E-state index is 12.9. The summed E-state index contributed by atoms with van der Waals surface area (Å²) in [7, 11) is -3.56. The Morgan fingerprint density at radius 3 is 2.65 bits per heavy atom. The molecule has 26 heavy (non-hydrogen) atoms. The molecule has 1 amide bonds. The molecule has 1 aromatic heterocycles. The zero-order valence-corrected chi connectivity index (χ0v) is 15.2. The zero-order chi connectivity index (χ0) is 18.6. The van der Waals surface area contributed by atoms with Crippen LogP contribution in [-0.2, 0) is 14.8 Å². The van der Waals surface area contributed by atoms with Crippen molar-refractivity contribution in [2.75, 3.05) is 13.1 Å². The number of benzene rings is 1. The van der Waals surface area contributed by atoms with Crippen LogP contribution in [0.5, 0.6) is 0 Å². The minimum Gasteiger partial charge on any atom is -0.350 e. The first kappa shape index (κ1) is 18.3. The number of nitrogens with one attached hydrogen (secondary N) is 1. The lowest BCUT2D eigenvalue weighted by Crippen LogP contribution is -2.36. The van der Waals surface area contributed by atoms with Gasteiger partial charge in [-0.2, -0.15) is 9.40 Å². The first-order valence-electron chi connectivity index (χ1n) is 8.54. The standard InChI is InChI=1S/C18H22N4O3S/c1-2-18(23)20-15-5-3-12-21(14-10-15)26(24,25)17-8-6-16(7-9-17)22-13-4-11-19-22/h2,4,6-9,11,13,15H,1,3,5,10,12,14H2,(H,20,23). The highest BCUT2D eigenvalue weighted by Crippen LogP contribution is 2.21. The topological polar surface area (TPSA) is 84.3 Å². The van der Waals surface area contributed by atoms with Crippen LogP contribution >= 0.6 is 0 Å². The van der Waals surface area contributed by atoms with Crippen molar-refractivity contribution in [1.29, 1.82) is 0 Å². The molecular weight excluding hydrogens is 352 g/mol. The van der Waals surface area contributed by atoms with E-state index in [1.807, 2.05) is 6.07 Å². The molecule has 3 rings (SSSR count). The van der Waals surface area contributed by atoms with Crippen LogP contribution in [0.15, 0.2) is 60.3 Å². The molecule has 1 atom stereocenters. The Bertz CT molecular complexity index is 860. The third-order valence-corrected chi connectivity index (χ3v) is 6.38.